The van der Waals surface area contributed by atoms with Gasteiger partial charge in [-0.05, 0) is 38.6 Å². The van der Waals surface area contributed by atoms with Crippen molar-refractivity contribution in [3.8, 4) is 0 Å². The highest BCUT2D eigenvalue weighted by atomic mass is 19.1. The number of aliphatic hydroxyl groups is 1. The number of alkyl halides is 1. The average Bonchev–Trinajstić information content (AvgIpc) is 2.25. The van der Waals surface area contributed by atoms with Crippen LogP contribution in [-0.2, 0) is 0 Å². The van der Waals surface area contributed by atoms with Crippen molar-refractivity contribution in [2.45, 2.75) is 51.2 Å². The fourth-order valence-electron chi connectivity index (χ4n) is 2.68. The lowest BCUT2D eigenvalue weighted by Crippen LogP contribution is -2.44. The van der Waals surface area contributed by atoms with E-state index in [0.29, 0.717) is 18.4 Å². The summed E-state index contributed by atoms with van der Waals surface area (Å²) in [6.45, 7) is 2.78. The molecule has 3 unspecified atom stereocenters. The van der Waals surface area contributed by atoms with Gasteiger partial charge in [0.2, 0.25) is 0 Å². The Morgan fingerprint density at radius 1 is 1.40 bits per heavy atom. The topological polar surface area (TPSA) is 23.5 Å². The van der Waals surface area contributed by atoms with Crippen LogP contribution in [0.5, 0.6) is 0 Å². The Morgan fingerprint density at radius 2 is 2.13 bits per heavy atom. The van der Waals surface area contributed by atoms with Gasteiger partial charge in [0, 0.05) is 12.6 Å². The quantitative estimate of drug-likeness (QED) is 0.763. The van der Waals surface area contributed by atoms with E-state index in [0.717, 1.165) is 32.2 Å². The molecule has 0 aromatic rings. The van der Waals surface area contributed by atoms with Crippen molar-refractivity contribution in [3.63, 3.8) is 0 Å². The van der Waals surface area contributed by atoms with Crippen molar-refractivity contribution in [2.24, 2.45) is 5.92 Å². The summed E-state index contributed by atoms with van der Waals surface area (Å²) >= 11 is 0. The van der Waals surface area contributed by atoms with E-state index in [4.69, 9.17) is 0 Å². The monoisotopic (exact) mass is 217 g/mol. The van der Waals surface area contributed by atoms with Gasteiger partial charge in [-0.3, -0.25) is 4.39 Å². The van der Waals surface area contributed by atoms with Gasteiger partial charge < -0.3 is 10.0 Å². The zero-order chi connectivity index (χ0) is 11.3. The predicted octanol–water partition coefficient (Wildman–Crippen LogP) is 2.22. The SMILES string of the molecule is CCC1CCC(O)CC1N(C)CCCF. The Morgan fingerprint density at radius 3 is 2.73 bits per heavy atom. The van der Waals surface area contributed by atoms with Crippen LogP contribution < -0.4 is 0 Å². The second-order valence-electron chi connectivity index (χ2n) is 4.73. The molecule has 1 saturated carbocycles. The van der Waals surface area contributed by atoms with Gasteiger partial charge in [0.25, 0.3) is 0 Å². The minimum atomic E-state index is -0.240. The lowest BCUT2D eigenvalue weighted by molar-refractivity contribution is 0.0356. The van der Waals surface area contributed by atoms with E-state index in [-0.39, 0.29) is 12.8 Å². The van der Waals surface area contributed by atoms with Gasteiger partial charge in [-0.25, -0.2) is 0 Å². The molecule has 1 rings (SSSR count). The fourth-order valence-corrected chi connectivity index (χ4v) is 2.68. The standard InChI is InChI=1S/C12H24FNO/c1-3-10-5-6-11(15)9-12(10)14(2)8-4-7-13/h10-12,15H,3-9H2,1-2H3. The second kappa shape index (κ2) is 6.44. The zero-order valence-electron chi connectivity index (χ0n) is 9.95. The molecule has 3 atom stereocenters. The minimum absolute atomic E-state index is 0.148. The van der Waals surface area contributed by atoms with E-state index >= 15 is 0 Å². The summed E-state index contributed by atoms with van der Waals surface area (Å²) in [5, 5.41) is 9.67. The van der Waals surface area contributed by atoms with Crippen LogP contribution in [0.3, 0.4) is 0 Å². The molecule has 90 valence electrons. The van der Waals surface area contributed by atoms with Crippen LogP contribution in [-0.4, -0.2) is 42.4 Å². The molecule has 1 N–H and O–H groups in total. The maximum Gasteiger partial charge on any atom is 0.0906 e. The molecule has 0 aromatic heterocycles. The van der Waals surface area contributed by atoms with Crippen LogP contribution in [0.25, 0.3) is 0 Å². The first-order valence-electron chi connectivity index (χ1n) is 6.13. The third-order valence-electron chi connectivity index (χ3n) is 3.66. The maximum absolute atomic E-state index is 12.1. The number of halogens is 1. The van der Waals surface area contributed by atoms with Gasteiger partial charge in [-0.1, -0.05) is 13.3 Å². The van der Waals surface area contributed by atoms with E-state index in [9.17, 15) is 9.50 Å². The van der Waals surface area contributed by atoms with Crippen LogP contribution in [0, 0.1) is 5.92 Å². The van der Waals surface area contributed by atoms with Gasteiger partial charge in [-0.2, -0.15) is 0 Å². The molecule has 0 saturated heterocycles. The smallest absolute Gasteiger partial charge is 0.0906 e. The number of nitrogens with zero attached hydrogens (tertiary/aromatic N) is 1. The zero-order valence-corrected chi connectivity index (χ0v) is 9.95. The van der Waals surface area contributed by atoms with E-state index in [2.05, 4.69) is 18.9 Å². The first-order chi connectivity index (χ1) is 7.19. The molecular formula is C12H24FNO. The molecule has 2 nitrogen and oxygen atoms in total. The molecule has 0 radical (unpaired) electrons. The molecule has 1 aliphatic rings. The Hall–Kier alpha value is -0.150. The molecule has 0 spiro atoms. The summed E-state index contributed by atoms with van der Waals surface area (Å²) in [5.41, 5.74) is 0. The van der Waals surface area contributed by atoms with Crippen molar-refractivity contribution in [2.75, 3.05) is 20.3 Å². The molecule has 1 fully saturated rings. The summed E-state index contributed by atoms with van der Waals surface area (Å²) in [4.78, 5) is 2.23. The van der Waals surface area contributed by atoms with Crippen molar-refractivity contribution < 1.29 is 9.50 Å². The molecule has 0 aromatic carbocycles. The first-order valence-corrected chi connectivity index (χ1v) is 6.13. The van der Waals surface area contributed by atoms with E-state index in [1.165, 1.54) is 0 Å². The number of aliphatic hydroxyl groups excluding tert-OH is 1. The maximum atomic E-state index is 12.1. The lowest BCUT2D eigenvalue weighted by Gasteiger charge is -2.39. The minimum Gasteiger partial charge on any atom is -0.393 e. The summed E-state index contributed by atoms with van der Waals surface area (Å²) in [7, 11) is 2.06. The van der Waals surface area contributed by atoms with Gasteiger partial charge in [-0.15, -0.1) is 0 Å². The van der Waals surface area contributed by atoms with Crippen LogP contribution >= 0.6 is 0 Å². The van der Waals surface area contributed by atoms with E-state index in [1.54, 1.807) is 0 Å². The first kappa shape index (κ1) is 12.9. The van der Waals surface area contributed by atoms with Gasteiger partial charge >= 0.3 is 0 Å². The highest BCUT2D eigenvalue weighted by molar-refractivity contribution is 4.85. The van der Waals surface area contributed by atoms with Crippen molar-refractivity contribution >= 4 is 0 Å². The van der Waals surface area contributed by atoms with Crippen LogP contribution in [0.1, 0.15) is 39.0 Å². The molecule has 15 heavy (non-hydrogen) atoms. The van der Waals surface area contributed by atoms with Gasteiger partial charge in [0.05, 0.1) is 12.8 Å². The number of hydrogen-bond donors (Lipinski definition) is 1. The third-order valence-corrected chi connectivity index (χ3v) is 3.66. The van der Waals surface area contributed by atoms with Crippen molar-refractivity contribution in [1.82, 2.24) is 4.90 Å². The molecule has 0 aliphatic heterocycles. The molecule has 0 amide bonds. The van der Waals surface area contributed by atoms with Crippen molar-refractivity contribution in [3.05, 3.63) is 0 Å². The molecule has 1 aliphatic carbocycles. The second-order valence-corrected chi connectivity index (χ2v) is 4.73. The molecule has 3 heteroatoms. The lowest BCUT2D eigenvalue weighted by atomic mass is 9.80. The Balaban J connectivity index is 2.46. The average molecular weight is 217 g/mol. The van der Waals surface area contributed by atoms with Crippen LogP contribution in [0.4, 0.5) is 4.39 Å². The van der Waals surface area contributed by atoms with Crippen LogP contribution in [0.2, 0.25) is 0 Å². The molecular weight excluding hydrogens is 193 g/mol. The number of rotatable bonds is 5. The highest BCUT2D eigenvalue weighted by Crippen LogP contribution is 2.30. The van der Waals surface area contributed by atoms with Gasteiger partial charge in [0.15, 0.2) is 0 Å². The Kier molecular flexibility index (Phi) is 5.54. The predicted molar refractivity (Wildman–Crippen MR) is 60.6 cm³/mol. The van der Waals surface area contributed by atoms with Gasteiger partial charge in [0.1, 0.15) is 0 Å². The van der Waals surface area contributed by atoms with E-state index in [1.807, 2.05) is 0 Å². The summed E-state index contributed by atoms with van der Waals surface area (Å²) in [6.07, 6.45) is 4.54. The van der Waals surface area contributed by atoms with Crippen LogP contribution in [0.15, 0.2) is 0 Å². The Bertz CT molecular complexity index is 177. The van der Waals surface area contributed by atoms with Crippen molar-refractivity contribution in [1.29, 1.82) is 0 Å². The highest BCUT2D eigenvalue weighted by Gasteiger charge is 2.30. The van der Waals surface area contributed by atoms with E-state index < -0.39 is 0 Å². The summed E-state index contributed by atoms with van der Waals surface area (Å²) in [6, 6.07) is 0.449. The largest absolute Gasteiger partial charge is 0.393 e. The summed E-state index contributed by atoms with van der Waals surface area (Å²) in [5.74, 6) is 0.679. The normalized spacial score (nSPS) is 32.2. The molecule has 0 heterocycles. The molecule has 0 bridgehead atoms. The fraction of sp³-hybridized carbons (Fsp3) is 1.00. The Labute approximate surface area is 92.5 Å². The number of hydrogen-bond acceptors (Lipinski definition) is 2. The third kappa shape index (κ3) is 3.72. The summed E-state index contributed by atoms with van der Waals surface area (Å²) < 4.78 is 12.1.